The number of piperidine rings is 1. The van der Waals surface area contributed by atoms with Gasteiger partial charge >= 0.3 is 12.1 Å². The molecule has 4 rings (SSSR count). The Balaban J connectivity index is 1.60. The molecule has 12 heteroatoms. The maximum atomic E-state index is 14.6. The number of fused-ring (bicyclic) bond motifs is 1. The Morgan fingerprint density at radius 1 is 1.12 bits per heavy atom. The average molecular weight is 482 g/mol. The molecule has 1 aliphatic heterocycles. The third kappa shape index (κ3) is 4.86. The molecule has 0 bridgehead atoms. The van der Waals surface area contributed by atoms with E-state index in [9.17, 15) is 31.5 Å². The monoisotopic (exact) mass is 482 g/mol. The summed E-state index contributed by atoms with van der Waals surface area (Å²) in [5.74, 6) is -6.18. The lowest BCUT2D eigenvalue weighted by Crippen LogP contribution is -2.36. The zero-order chi connectivity index (χ0) is 24.6. The number of aromatic amines is 1. The number of ether oxygens (including phenoxy) is 1. The zero-order valence-electron chi connectivity index (χ0n) is 17.8. The largest absolute Gasteiger partial charge is 0.491 e. The van der Waals surface area contributed by atoms with Crippen molar-refractivity contribution in [2.75, 3.05) is 25.5 Å². The van der Waals surface area contributed by atoms with Crippen LogP contribution in [0.2, 0.25) is 0 Å². The van der Waals surface area contributed by atoms with Gasteiger partial charge in [0.1, 0.15) is 17.4 Å². The fourth-order valence-electron chi connectivity index (χ4n) is 3.80. The van der Waals surface area contributed by atoms with E-state index in [0.717, 1.165) is 13.1 Å². The van der Waals surface area contributed by atoms with Crippen molar-refractivity contribution in [3.05, 3.63) is 42.0 Å². The van der Waals surface area contributed by atoms with Gasteiger partial charge in [0, 0.05) is 23.4 Å². The molecule has 1 aliphatic rings. The van der Waals surface area contributed by atoms with E-state index >= 15 is 0 Å². The van der Waals surface area contributed by atoms with E-state index in [1.807, 2.05) is 7.05 Å². The van der Waals surface area contributed by atoms with Crippen molar-refractivity contribution in [3.8, 4) is 16.9 Å². The molecule has 0 unspecified atom stereocenters. The van der Waals surface area contributed by atoms with Crippen LogP contribution in [0.3, 0.4) is 0 Å². The van der Waals surface area contributed by atoms with E-state index in [2.05, 4.69) is 25.2 Å². The van der Waals surface area contributed by atoms with Gasteiger partial charge in [-0.2, -0.15) is 18.3 Å². The molecular weight excluding hydrogens is 463 g/mol. The number of esters is 1. The van der Waals surface area contributed by atoms with Crippen LogP contribution in [0.25, 0.3) is 22.0 Å². The number of anilines is 1. The van der Waals surface area contributed by atoms with Gasteiger partial charge in [0.25, 0.3) is 0 Å². The zero-order valence-corrected chi connectivity index (χ0v) is 17.8. The molecule has 2 N–H and O–H groups in total. The minimum absolute atomic E-state index is 0.0485. The second-order valence-electron chi connectivity index (χ2n) is 8.05. The third-order valence-electron chi connectivity index (χ3n) is 5.64. The topological polar surface area (TPSA) is 87.3 Å². The summed E-state index contributed by atoms with van der Waals surface area (Å²) >= 11 is 0. The highest BCUT2D eigenvalue weighted by Crippen LogP contribution is 2.34. The summed E-state index contributed by atoms with van der Waals surface area (Å²) in [4.78, 5) is 25.7. The normalized spacial score (nSPS) is 15.5. The van der Waals surface area contributed by atoms with E-state index in [1.54, 1.807) is 0 Å². The number of likely N-dealkylation sites (tertiary alicyclic amines) is 1. The molecule has 180 valence electrons. The first kappa shape index (κ1) is 23.6. The number of aromatic nitrogens is 2. The van der Waals surface area contributed by atoms with Crippen molar-refractivity contribution >= 4 is 28.6 Å². The first-order chi connectivity index (χ1) is 16.0. The Morgan fingerprint density at radius 2 is 1.76 bits per heavy atom. The van der Waals surface area contributed by atoms with Gasteiger partial charge in [0.2, 0.25) is 5.91 Å². The lowest BCUT2D eigenvalue weighted by molar-refractivity contribution is -0.189. The molecule has 1 amide bonds. The Hall–Kier alpha value is -3.54. The second-order valence-corrected chi connectivity index (χ2v) is 8.05. The molecule has 34 heavy (non-hydrogen) atoms. The van der Waals surface area contributed by atoms with Crippen LogP contribution in [0.15, 0.2) is 30.3 Å². The van der Waals surface area contributed by atoms with Crippen molar-refractivity contribution in [1.82, 2.24) is 15.1 Å². The number of alkyl halides is 3. The smallest absolute Gasteiger partial charge is 0.420 e. The predicted octanol–water partition coefficient (Wildman–Crippen LogP) is 4.26. The summed E-state index contributed by atoms with van der Waals surface area (Å²) in [6.45, 7) is 1.58. The number of benzene rings is 2. The van der Waals surface area contributed by atoms with E-state index in [0.29, 0.717) is 35.9 Å². The van der Waals surface area contributed by atoms with E-state index in [1.165, 1.54) is 18.2 Å². The van der Waals surface area contributed by atoms with Gasteiger partial charge in [-0.1, -0.05) is 6.07 Å². The molecule has 0 spiro atoms. The number of hydrogen-bond acceptors (Lipinski definition) is 5. The summed E-state index contributed by atoms with van der Waals surface area (Å²) in [5, 5.41) is 9.95. The van der Waals surface area contributed by atoms with Gasteiger partial charge in [-0.15, -0.1) is 0 Å². The molecule has 3 aromatic rings. The standard InChI is InChI=1S/C22H19F5N4O3/c1-31-6-4-11(5-7-31)20(32)28-19-14-8-12(2-3-17(14)29-30-19)18-15(23)9-13(10-16(18)24)34-21(33)22(25,26)27/h2-3,8-11H,4-7H2,1H3,(H2,28,29,30,32). The van der Waals surface area contributed by atoms with Crippen molar-refractivity contribution in [2.24, 2.45) is 5.92 Å². The number of nitrogens with one attached hydrogen (secondary N) is 2. The lowest BCUT2D eigenvalue weighted by Gasteiger charge is -2.27. The van der Waals surface area contributed by atoms with Gasteiger partial charge in [0.15, 0.2) is 5.82 Å². The highest BCUT2D eigenvalue weighted by Gasteiger charge is 2.41. The fourth-order valence-corrected chi connectivity index (χ4v) is 3.80. The summed E-state index contributed by atoms with van der Waals surface area (Å²) in [5.41, 5.74) is 0.00820. The van der Waals surface area contributed by atoms with Crippen LogP contribution in [0.5, 0.6) is 5.75 Å². The van der Waals surface area contributed by atoms with Crippen molar-refractivity contribution < 1.29 is 36.3 Å². The quantitative estimate of drug-likeness (QED) is 0.330. The number of halogens is 5. The number of carbonyl (C=O) groups is 2. The Labute approximate surface area is 189 Å². The highest BCUT2D eigenvalue weighted by atomic mass is 19.4. The van der Waals surface area contributed by atoms with E-state index in [4.69, 9.17) is 0 Å². The van der Waals surface area contributed by atoms with E-state index in [-0.39, 0.29) is 23.2 Å². The lowest BCUT2D eigenvalue weighted by atomic mass is 9.96. The Morgan fingerprint density at radius 3 is 2.38 bits per heavy atom. The van der Waals surface area contributed by atoms with Crippen LogP contribution in [0.1, 0.15) is 12.8 Å². The Bertz CT molecular complexity index is 1230. The van der Waals surface area contributed by atoms with Crippen LogP contribution < -0.4 is 10.1 Å². The average Bonchev–Trinajstić information content (AvgIpc) is 3.15. The number of nitrogens with zero attached hydrogens (tertiary/aromatic N) is 2. The molecule has 1 fully saturated rings. The maximum absolute atomic E-state index is 14.6. The van der Waals surface area contributed by atoms with Crippen molar-refractivity contribution in [3.63, 3.8) is 0 Å². The molecule has 0 aliphatic carbocycles. The minimum atomic E-state index is -5.31. The van der Waals surface area contributed by atoms with Gasteiger partial charge < -0.3 is 15.0 Å². The van der Waals surface area contributed by atoms with Crippen LogP contribution >= 0.6 is 0 Å². The molecule has 0 radical (unpaired) electrons. The summed E-state index contributed by atoms with van der Waals surface area (Å²) in [6.07, 6.45) is -3.93. The van der Waals surface area contributed by atoms with Gasteiger partial charge in [-0.05, 0) is 50.7 Å². The SMILES string of the molecule is CN1CCC(C(=O)Nc2n[nH]c3ccc(-c4c(F)cc(OC(=O)C(F)(F)F)cc4F)cc23)CC1. The summed E-state index contributed by atoms with van der Waals surface area (Å²) in [6, 6.07) is 5.26. The Kier molecular flexibility index (Phi) is 6.26. The first-order valence-corrected chi connectivity index (χ1v) is 10.3. The number of hydrogen-bond donors (Lipinski definition) is 2. The van der Waals surface area contributed by atoms with Crippen LogP contribution in [0.4, 0.5) is 27.8 Å². The second kappa shape index (κ2) is 9.01. The molecule has 1 saturated heterocycles. The predicted molar refractivity (Wildman–Crippen MR) is 112 cm³/mol. The first-order valence-electron chi connectivity index (χ1n) is 10.3. The van der Waals surface area contributed by atoms with Gasteiger partial charge in [0.05, 0.1) is 11.1 Å². The third-order valence-corrected chi connectivity index (χ3v) is 5.64. The fraction of sp³-hybridized carbons (Fsp3) is 0.318. The van der Waals surface area contributed by atoms with Gasteiger partial charge in [-0.25, -0.2) is 13.6 Å². The van der Waals surface area contributed by atoms with Crippen LogP contribution in [-0.2, 0) is 9.59 Å². The summed E-state index contributed by atoms with van der Waals surface area (Å²) in [7, 11) is 1.97. The number of H-pyrrole nitrogens is 1. The van der Waals surface area contributed by atoms with Crippen molar-refractivity contribution in [2.45, 2.75) is 19.0 Å². The molecule has 7 nitrogen and oxygen atoms in total. The number of rotatable bonds is 4. The molecule has 2 aromatic carbocycles. The molecule has 1 aromatic heterocycles. The molecule has 2 heterocycles. The minimum Gasteiger partial charge on any atom is -0.420 e. The van der Waals surface area contributed by atoms with Crippen molar-refractivity contribution in [1.29, 1.82) is 0 Å². The van der Waals surface area contributed by atoms with Crippen LogP contribution in [-0.4, -0.2) is 53.3 Å². The molecular formula is C22H19F5N4O3. The van der Waals surface area contributed by atoms with Gasteiger partial charge in [-0.3, -0.25) is 9.89 Å². The molecule has 0 saturated carbocycles. The number of amides is 1. The maximum Gasteiger partial charge on any atom is 0.491 e. The summed E-state index contributed by atoms with van der Waals surface area (Å²) < 4.78 is 70.4. The molecule has 0 atom stereocenters. The van der Waals surface area contributed by atoms with E-state index < -0.39 is 35.1 Å². The number of carbonyl (C=O) groups excluding carboxylic acids is 2. The highest BCUT2D eigenvalue weighted by molar-refractivity contribution is 6.01. The van der Waals surface area contributed by atoms with Crippen LogP contribution in [0, 0.1) is 17.6 Å².